The van der Waals surface area contributed by atoms with E-state index in [9.17, 15) is 13.2 Å². The summed E-state index contributed by atoms with van der Waals surface area (Å²) in [4.78, 5) is 16.1. The number of amides is 1. The van der Waals surface area contributed by atoms with Gasteiger partial charge in [0, 0.05) is 18.8 Å². The van der Waals surface area contributed by atoms with Crippen molar-refractivity contribution in [3.05, 3.63) is 53.9 Å². The normalized spacial score (nSPS) is 13.8. The maximum atomic E-state index is 12.5. The van der Waals surface area contributed by atoms with Crippen molar-refractivity contribution in [2.24, 2.45) is 0 Å². The van der Waals surface area contributed by atoms with E-state index in [-0.39, 0.29) is 23.8 Å². The summed E-state index contributed by atoms with van der Waals surface area (Å²) in [5, 5.41) is 2.70. The Hall–Kier alpha value is -2.71. The van der Waals surface area contributed by atoms with Gasteiger partial charge in [-0.3, -0.25) is 4.79 Å². The molecule has 0 aliphatic carbocycles. The molecule has 0 saturated heterocycles. The Morgan fingerprint density at radius 1 is 1.23 bits per heavy atom. The number of nitrogens with zero attached hydrogens (tertiary/aromatic N) is 2. The van der Waals surface area contributed by atoms with Gasteiger partial charge in [0.25, 0.3) is 0 Å². The van der Waals surface area contributed by atoms with Gasteiger partial charge in [-0.1, -0.05) is 12.1 Å². The van der Waals surface area contributed by atoms with Crippen LogP contribution in [0.5, 0.6) is 0 Å². The third-order valence-corrected chi connectivity index (χ3v) is 5.94. The molecule has 26 heavy (non-hydrogen) atoms. The number of benzene rings is 2. The minimum Gasteiger partial charge on any atom is -0.327 e. The zero-order chi connectivity index (χ0) is 18.3. The Morgan fingerprint density at radius 2 is 2.04 bits per heavy atom. The Bertz CT molecular complexity index is 1120. The highest BCUT2D eigenvalue weighted by atomic mass is 32.2. The van der Waals surface area contributed by atoms with Gasteiger partial charge < -0.3 is 9.88 Å². The lowest BCUT2D eigenvalue weighted by Crippen LogP contribution is -2.27. The lowest BCUT2D eigenvalue weighted by atomic mass is 10.2. The van der Waals surface area contributed by atoms with Crippen LogP contribution in [0.4, 0.5) is 5.69 Å². The van der Waals surface area contributed by atoms with Gasteiger partial charge >= 0.3 is 0 Å². The third kappa shape index (κ3) is 2.97. The second kappa shape index (κ2) is 6.22. The largest absolute Gasteiger partial charge is 0.327 e. The molecule has 0 unspecified atom stereocenters. The minimum absolute atomic E-state index is 0.120. The molecule has 0 atom stereocenters. The number of imidazole rings is 1. The number of nitrogens with one attached hydrogen (secondary N) is 2. The highest BCUT2D eigenvalue weighted by molar-refractivity contribution is 7.89. The van der Waals surface area contributed by atoms with E-state index >= 15 is 0 Å². The molecule has 1 aliphatic heterocycles. The van der Waals surface area contributed by atoms with Gasteiger partial charge in [0.1, 0.15) is 5.82 Å². The first-order chi connectivity index (χ1) is 12.4. The van der Waals surface area contributed by atoms with E-state index in [1.165, 1.54) is 6.07 Å². The van der Waals surface area contributed by atoms with Crippen LogP contribution in [0.1, 0.15) is 11.4 Å². The van der Waals surface area contributed by atoms with Crippen LogP contribution in [-0.4, -0.2) is 30.4 Å². The number of para-hydroxylation sites is 2. The number of carbonyl (C=O) groups is 1. The minimum atomic E-state index is -3.64. The van der Waals surface area contributed by atoms with Gasteiger partial charge in [-0.25, -0.2) is 18.1 Å². The van der Waals surface area contributed by atoms with Crippen molar-refractivity contribution in [2.75, 3.05) is 11.9 Å². The molecule has 3 aromatic rings. The molecule has 2 heterocycles. The van der Waals surface area contributed by atoms with E-state index in [4.69, 9.17) is 0 Å². The lowest BCUT2D eigenvalue weighted by molar-refractivity contribution is -0.115. The second-order valence-electron chi connectivity index (χ2n) is 6.24. The maximum absolute atomic E-state index is 12.5. The summed E-state index contributed by atoms with van der Waals surface area (Å²) >= 11 is 0. The van der Waals surface area contributed by atoms with Crippen LogP contribution in [0.3, 0.4) is 0 Å². The average Bonchev–Trinajstić information content (AvgIpc) is 3.13. The monoisotopic (exact) mass is 370 g/mol. The van der Waals surface area contributed by atoms with Crippen molar-refractivity contribution in [1.29, 1.82) is 0 Å². The highest BCUT2D eigenvalue weighted by Gasteiger charge is 2.21. The number of hydrogen-bond acceptors (Lipinski definition) is 4. The fourth-order valence-corrected chi connectivity index (χ4v) is 4.30. The summed E-state index contributed by atoms with van der Waals surface area (Å²) < 4.78 is 29.7. The fraction of sp³-hybridized carbons (Fsp3) is 0.222. The number of rotatable bonds is 5. The third-order valence-electron chi connectivity index (χ3n) is 4.49. The van der Waals surface area contributed by atoms with E-state index in [1.54, 1.807) is 12.1 Å². The average molecular weight is 370 g/mol. The standard InChI is InChI=1S/C18H18N4O3S/c1-12-20-16-4-2-3-5-17(16)22(12)9-8-19-26(24,25)14-6-7-15-13(10-14)11-18(23)21-15/h2-7,10,19H,8-9,11H2,1H3,(H,21,23). The molecular formula is C18H18N4O3S. The number of aromatic nitrogens is 2. The van der Waals surface area contributed by atoms with Gasteiger partial charge in [0.05, 0.1) is 22.3 Å². The number of hydrogen-bond donors (Lipinski definition) is 2. The number of carbonyl (C=O) groups excluding carboxylic acids is 1. The van der Waals surface area contributed by atoms with Crippen LogP contribution in [0.25, 0.3) is 11.0 Å². The van der Waals surface area contributed by atoms with Crippen molar-refractivity contribution in [3.63, 3.8) is 0 Å². The van der Waals surface area contributed by atoms with Crippen LogP contribution >= 0.6 is 0 Å². The van der Waals surface area contributed by atoms with E-state index in [1.807, 2.05) is 35.8 Å². The molecule has 1 aromatic heterocycles. The Labute approximate surface area is 151 Å². The summed E-state index contributed by atoms with van der Waals surface area (Å²) in [5.41, 5.74) is 3.25. The van der Waals surface area contributed by atoms with Crippen molar-refractivity contribution >= 4 is 32.7 Å². The van der Waals surface area contributed by atoms with E-state index < -0.39 is 10.0 Å². The van der Waals surface area contributed by atoms with E-state index in [0.717, 1.165) is 16.9 Å². The molecule has 2 N–H and O–H groups in total. The van der Waals surface area contributed by atoms with Crippen LogP contribution in [-0.2, 0) is 27.8 Å². The molecule has 0 bridgehead atoms. The lowest BCUT2D eigenvalue weighted by Gasteiger charge is -2.10. The summed E-state index contributed by atoms with van der Waals surface area (Å²) in [6, 6.07) is 12.4. The van der Waals surface area contributed by atoms with Crippen LogP contribution in [0.2, 0.25) is 0 Å². The molecule has 2 aromatic carbocycles. The SMILES string of the molecule is Cc1nc2ccccc2n1CCNS(=O)(=O)c1ccc2c(c1)CC(=O)N2. The molecule has 134 valence electrons. The van der Waals surface area contributed by atoms with Crippen LogP contribution in [0.15, 0.2) is 47.4 Å². The topological polar surface area (TPSA) is 93.1 Å². The molecule has 1 amide bonds. The van der Waals surface area contributed by atoms with Crippen molar-refractivity contribution < 1.29 is 13.2 Å². The molecule has 0 saturated carbocycles. The first-order valence-corrected chi connectivity index (χ1v) is 9.77. The Balaban J connectivity index is 1.50. The fourth-order valence-electron chi connectivity index (χ4n) is 3.23. The van der Waals surface area contributed by atoms with Gasteiger partial charge in [-0.15, -0.1) is 0 Å². The number of fused-ring (bicyclic) bond motifs is 2. The molecule has 0 radical (unpaired) electrons. The van der Waals surface area contributed by atoms with Crippen molar-refractivity contribution in [2.45, 2.75) is 24.8 Å². The van der Waals surface area contributed by atoms with E-state index in [2.05, 4.69) is 15.0 Å². The summed E-state index contributed by atoms with van der Waals surface area (Å²) in [7, 11) is -3.64. The number of aryl methyl sites for hydroxylation is 1. The van der Waals surface area contributed by atoms with Crippen LogP contribution < -0.4 is 10.0 Å². The zero-order valence-electron chi connectivity index (χ0n) is 14.2. The van der Waals surface area contributed by atoms with Crippen LogP contribution in [0, 0.1) is 6.92 Å². The van der Waals surface area contributed by atoms with Gasteiger partial charge in [0.15, 0.2) is 0 Å². The predicted octanol–water partition coefficient (Wildman–Crippen LogP) is 1.82. The Morgan fingerprint density at radius 3 is 2.88 bits per heavy atom. The molecule has 1 aliphatic rings. The van der Waals surface area contributed by atoms with Gasteiger partial charge in [0.2, 0.25) is 15.9 Å². The summed E-state index contributed by atoms with van der Waals surface area (Å²) in [6.45, 7) is 2.63. The molecule has 8 heteroatoms. The zero-order valence-corrected chi connectivity index (χ0v) is 15.0. The number of sulfonamides is 1. The molecule has 0 spiro atoms. The quantitative estimate of drug-likeness (QED) is 0.716. The molecular weight excluding hydrogens is 352 g/mol. The van der Waals surface area contributed by atoms with Gasteiger partial charge in [-0.05, 0) is 42.8 Å². The molecule has 4 rings (SSSR count). The number of anilines is 1. The van der Waals surface area contributed by atoms with Crippen molar-refractivity contribution in [3.8, 4) is 0 Å². The Kier molecular flexibility index (Phi) is 4.01. The molecule has 0 fully saturated rings. The first kappa shape index (κ1) is 16.7. The first-order valence-electron chi connectivity index (χ1n) is 8.28. The maximum Gasteiger partial charge on any atom is 0.240 e. The van der Waals surface area contributed by atoms with Crippen molar-refractivity contribution in [1.82, 2.24) is 14.3 Å². The second-order valence-corrected chi connectivity index (χ2v) is 8.01. The summed E-state index contributed by atoms with van der Waals surface area (Å²) in [5.74, 6) is 0.720. The van der Waals surface area contributed by atoms with E-state index in [0.29, 0.717) is 17.8 Å². The predicted molar refractivity (Wildman–Crippen MR) is 98.4 cm³/mol. The smallest absolute Gasteiger partial charge is 0.240 e. The van der Waals surface area contributed by atoms with Gasteiger partial charge in [-0.2, -0.15) is 0 Å². The molecule has 7 nitrogen and oxygen atoms in total. The highest BCUT2D eigenvalue weighted by Crippen LogP contribution is 2.25. The summed E-state index contributed by atoms with van der Waals surface area (Å²) in [6.07, 6.45) is 0.207.